The number of aliphatic imine (C=N–C) groups is 1. The number of nitrogens with two attached hydrogens (primary N) is 1. The van der Waals surface area contributed by atoms with Crippen LogP contribution in [0.4, 0.5) is 0 Å². The Bertz CT molecular complexity index is 239. The summed E-state index contributed by atoms with van der Waals surface area (Å²) in [4.78, 5) is 4.20. The predicted molar refractivity (Wildman–Crippen MR) is 59.9 cm³/mol. The molecular weight excluding hydrogens is 194 g/mol. The molecule has 86 valence electrons. The second-order valence-electron chi connectivity index (χ2n) is 3.32. The summed E-state index contributed by atoms with van der Waals surface area (Å²) in [6.45, 7) is 3.42. The van der Waals surface area contributed by atoms with E-state index in [-0.39, 0.29) is 0 Å². The lowest BCUT2D eigenvalue weighted by Gasteiger charge is -2.12. The predicted octanol–water partition coefficient (Wildman–Crippen LogP) is -0.116. The fraction of sp³-hybridized carbons (Fsp3) is 0.700. The molecule has 0 radical (unpaired) electrons. The molecule has 0 aromatic rings. The van der Waals surface area contributed by atoms with E-state index >= 15 is 0 Å². The molecule has 0 aromatic carbocycles. The van der Waals surface area contributed by atoms with Crippen LogP contribution in [0.1, 0.15) is 6.42 Å². The van der Waals surface area contributed by atoms with Crippen molar-refractivity contribution >= 4 is 5.96 Å². The third-order valence-electron chi connectivity index (χ3n) is 2.05. The van der Waals surface area contributed by atoms with Gasteiger partial charge in [0.1, 0.15) is 0 Å². The van der Waals surface area contributed by atoms with Crippen molar-refractivity contribution in [1.29, 1.82) is 0 Å². The molecule has 1 aliphatic rings. The minimum atomic E-state index is 0.457. The molecule has 0 saturated carbocycles. The first kappa shape index (κ1) is 12.0. The molecule has 0 aliphatic carbocycles. The summed E-state index contributed by atoms with van der Waals surface area (Å²) < 4.78 is 10.2. The highest BCUT2D eigenvalue weighted by molar-refractivity contribution is 5.77. The number of nitrogens with zero attached hydrogens (tertiary/aromatic N) is 1. The van der Waals surface area contributed by atoms with Crippen molar-refractivity contribution in [2.75, 3.05) is 40.0 Å². The summed E-state index contributed by atoms with van der Waals surface area (Å²) in [5, 5.41) is 2.96. The van der Waals surface area contributed by atoms with E-state index < -0.39 is 0 Å². The molecule has 0 atom stereocenters. The Morgan fingerprint density at radius 1 is 1.73 bits per heavy atom. The quantitative estimate of drug-likeness (QED) is 0.289. The largest absolute Gasteiger partial charge is 0.383 e. The van der Waals surface area contributed by atoms with Gasteiger partial charge in [-0.2, -0.15) is 0 Å². The lowest BCUT2D eigenvalue weighted by molar-refractivity contribution is 0.150. The Hall–Kier alpha value is -1.07. The molecule has 0 saturated heterocycles. The first-order valence-electron chi connectivity index (χ1n) is 5.11. The maximum atomic E-state index is 5.65. The monoisotopic (exact) mass is 213 g/mol. The molecular formula is C10H19N3O2. The van der Waals surface area contributed by atoms with E-state index in [4.69, 9.17) is 15.2 Å². The van der Waals surface area contributed by atoms with E-state index in [2.05, 4.69) is 16.4 Å². The van der Waals surface area contributed by atoms with Gasteiger partial charge in [-0.1, -0.05) is 6.08 Å². The molecule has 15 heavy (non-hydrogen) atoms. The molecule has 1 rings (SSSR count). The van der Waals surface area contributed by atoms with Gasteiger partial charge >= 0.3 is 0 Å². The van der Waals surface area contributed by atoms with E-state index in [0.717, 1.165) is 13.0 Å². The van der Waals surface area contributed by atoms with Gasteiger partial charge in [0, 0.05) is 13.7 Å². The Kier molecular flexibility index (Phi) is 5.80. The highest BCUT2D eigenvalue weighted by Crippen LogP contribution is 2.05. The number of hydrogen-bond donors (Lipinski definition) is 2. The minimum Gasteiger partial charge on any atom is -0.383 e. The molecule has 0 amide bonds. The molecule has 5 nitrogen and oxygen atoms in total. The van der Waals surface area contributed by atoms with E-state index in [9.17, 15) is 0 Å². The second-order valence-corrected chi connectivity index (χ2v) is 3.32. The van der Waals surface area contributed by atoms with Crippen molar-refractivity contribution in [2.24, 2.45) is 10.7 Å². The normalized spacial score (nSPS) is 17.4. The maximum Gasteiger partial charge on any atom is 0.188 e. The van der Waals surface area contributed by atoms with Gasteiger partial charge in [-0.3, -0.25) is 0 Å². The average Bonchev–Trinajstić information content (AvgIpc) is 2.28. The van der Waals surface area contributed by atoms with Crippen LogP contribution in [0, 0.1) is 0 Å². The third-order valence-corrected chi connectivity index (χ3v) is 2.05. The van der Waals surface area contributed by atoms with Crippen LogP contribution < -0.4 is 11.1 Å². The molecule has 0 aromatic heterocycles. The van der Waals surface area contributed by atoms with E-state index in [1.165, 1.54) is 5.57 Å². The third kappa shape index (κ3) is 5.39. The zero-order valence-corrected chi connectivity index (χ0v) is 9.16. The van der Waals surface area contributed by atoms with Gasteiger partial charge in [0.25, 0.3) is 0 Å². The van der Waals surface area contributed by atoms with Crippen LogP contribution in [0.25, 0.3) is 0 Å². The Balaban J connectivity index is 2.20. The summed E-state index contributed by atoms with van der Waals surface area (Å²) in [7, 11) is 1.65. The van der Waals surface area contributed by atoms with Gasteiger partial charge in [-0.05, 0) is 12.0 Å². The highest BCUT2D eigenvalue weighted by Gasteiger charge is 2.02. The first-order chi connectivity index (χ1) is 7.33. The zero-order chi connectivity index (χ0) is 10.9. The Labute approximate surface area is 90.3 Å². The molecule has 0 bridgehead atoms. The summed E-state index contributed by atoms with van der Waals surface area (Å²) >= 11 is 0. The Morgan fingerprint density at radius 3 is 3.27 bits per heavy atom. The molecule has 0 spiro atoms. The molecule has 3 N–H and O–H groups in total. The SMILES string of the molecule is COCCNC(N)=NCC1=CCCOC1. The van der Waals surface area contributed by atoms with Crippen molar-refractivity contribution in [3.05, 3.63) is 11.6 Å². The van der Waals surface area contributed by atoms with E-state index in [1.807, 2.05) is 0 Å². The highest BCUT2D eigenvalue weighted by atomic mass is 16.5. The van der Waals surface area contributed by atoms with E-state index in [0.29, 0.717) is 32.3 Å². The number of methoxy groups -OCH3 is 1. The number of hydrogen-bond acceptors (Lipinski definition) is 3. The maximum absolute atomic E-state index is 5.65. The summed E-state index contributed by atoms with van der Waals surface area (Å²) in [5.41, 5.74) is 6.84. The van der Waals surface area contributed by atoms with Crippen molar-refractivity contribution in [3.63, 3.8) is 0 Å². The van der Waals surface area contributed by atoms with Gasteiger partial charge in [0.05, 0.1) is 26.4 Å². The fourth-order valence-electron chi connectivity index (χ4n) is 1.24. The average molecular weight is 213 g/mol. The van der Waals surface area contributed by atoms with Gasteiger partial charge in [-0.15, -0.1) is 0 Å². The number of rotatable bonds is 5. The first-order valence-corrected chi connectivity index (χ1v) is 5.11. The van der Waals surface area contributed by atoms with Crippen LogP contribution >= 0.6 is 0 Å². The summed E-state index contributed by atoms with van der Waals surface area (Å²) in [5.74, 6) is 0.457. The summed E-state index contributed by atoms with van der Waals surface area (Å²) in [6.07, 6.45) is 3.14. The smallest absolute Gasteiger partial charge is 0.188 e. The van der Waals surface area contributed by atoms with Crippen LogP contribution in [-0.4, -0.2) is 46.0 Å². The number of guanidine groups is 1. The van der Waals surface area contributed by atoms with Crippen LogP contribution in [0.15, 0.2) is 16.6 Å². The molecule has 0 unspecified atom stereocenters. The van der Waals surface area contributed by atoms with Gasteiger partial charge < -0.3 is 20.5 Å². The topological polar surface area (TPSA) is 68.9 Å². The van der Waals surface area contributed by atoms with Crippen molar-refractivity contribution < 1.29 is 9.47 Å². The molecule has 5 heteroatoms. The van der Waals surface area contributed by atoms with Crippen molar-refractivity contribution in [3.8, 4) is 0 Å². The van der Waals surface area contributed by atoms with E-state index in [1.54, 1.807) is 7.11 Å². The van der Waals surface area contributed by atoms with Gasteiger partial charge in [0.2, 0.25) is 0 Å². The molecule has 0 fully saturated rings. The molecule has 1 aliphatic heterocycles. The lowest BCUT2D eigenvalue weighted by Crippen LogP contribution is -2.34. The molecule has 1 heterocycles. The number of ether oxygens (including phenoxy) is 2. The second kappa shape index (κ2) is 7.25. The van der Waals surface area contributed by atoms with Crippen LogP contribution in [0.2, 0.25) is 0 Å². The zero-order valence-electron chi connectivity index (χ0n) is 9.16. The fourth-order valence-corrected chi connectivity index (χ4v) is 1.24. The van der Waals surface area contributed by atoms with Crippen molar-refractivity contribution in [1.82, 2.24) is 5.32 Å². The number of nitrogens with one attached hydrogen (secondary N) is 1. The minimum absolute atomic E-state index is 0.457. The van der Waals surface area contributed by atoms with Gasteiger partial charge in [0.15, 0.2) is 5.96 Å². The summed E-state index contributed by atoms with van der Waals surface area (Å²) in [6, 6.07) is 0. The van der Waals surface area contributed by atoms with Crippen molar-refractivity contribution in [2.45, 2.75) is 6.42 Å². The lowest BCUT2D eigenvalue weighted by atomic mass is 10.2. The van der Waals surface area contributed by atoms with Crippen LogP contribution in [0.3, 0.4) is 0 Å². The van der Waals surface area contributed by atoms with Crippen LogP contribution in [0.5, 0.6) is 0 Å². The van der Waals surface area contributed by atoms with Crippen LogP contribution in [-0.2, 0) is 9.47 Å². The Morgan fingerprint density at radius 2 is 2.60 bits per heavy atom. The standard InChI is InChI=1S/C10H19N3O2/c1-14-6-4-12-10(11)13-7-9-3-2-5-15-8-9/h3H,2,4-8H2,1H3,(H3,11,12,13). The van der Waals surface area contributed by atoms with Gasteiger partial charge in [-0.25, -0.2) is 4.99 Å².